The molecule has 4 rings (SSSR count). The van der Waals surface area contributed by atoms with Crippen molar-refractivity contribution >= 4 is 26.9 Å². The summed E-state index contributed by atoms with van der Waals surface area (Å²) >= 11 is 0. The molecule has 9 heteroatoms. The summed E-state index contributed by atoms with van der Waals surface area (Å²) in [5.74, 6) is 0.382. The van der Waals surface area contributed by atoms with E-state index in [-0.39, 0.29) is 11.4 Å². The smallest absolute Gasteiger partial charge is 0.337 e. The summed E-state index contributed by atoms with van der Waals surface area (Å²) < 4.78 is 43.3. The second kappa shape index (κ2) is 7.66. The zero-order valence-electron chi connectivity index (χ0n) is 16.9. The van der Waals surface area contributed by atoms with Crippen LogP contribution >= 0.6 is 0 Å². The van der Waals surface area contributed by atoms with Crippen molar-refractivity contribution in [3.05, 3.63) is 53.2 Å². The number of hydrogen-bond donors (Lipinski definition) is 1. The van der Waals surface area contributed by atoms with Crippen LogP contribution in [0.25, 0.3) is 10.9 Å². The van der Waals surface area contributed by atoms with Crippen LogP contribution in [0.3, 0.4) is 0 Å². The van der Waals surface area contributed by atoms with Gasteiger partial charge in [-0.05, 0) is 35.9 Å². The molecule has 2 heterocycles. The molecule has 1 aromatic heterocycles. The van der Waals surface area contributed by atoms with Crippen molar-refractivity contribution in [2.45, 2.75) is 17.9 Å². The first-order chi connectivity index (χ1) is 14.4. The fraction of sp³-hybridized carbons (Fsp3) is 0.286. The van der Waals surface area contributed by atoms with Gasteiger partial charge in [-0.1, -0.05) is 0 Å². The first-order valence-electron chi connectivity index (χ1n) is 9.33. The molecule has 0 spiro atoms. The number of benzene rings is 2. The highest BCUT2D eigenvalue weighted by atomic mass is 32.2. The van der Waals surface area contributed by atoms with E-state index < -0.39 is 16.0 Å². The number of nitrogens with zero attached hydrogens (tertiary/aromatic N) is 1. The Balaban J connectivity index is 1.72. The van der Waals surface area contributed by atoms with Gasteiger partial charge >= 0.3 is 5.97 Å². The average molecular weight is 430 g/mol. The van der Waals surface area contributed by atoms with E-state index in [0.717, 1.165) is 22.2 Å². The highest BCUT2D eigenvalue weighted by Gasteiger charge is 2.31. The SMILES string of the molecule is COC(=O)c1ccc2[nH]c3c(c2c1)CN(S(=O)(=O)c1ccc(OC)c(OC)c1)CC3. The fourth-order valence-corrected chi connectivity index (χ4v) is 5.19. The second-order valence-corrected chi connectivity index (χ2v) is 8.88. The maximum absolute atomic E-state index is 13.3. The van der Waals surface area contributed by atoms with Crippen LogP contribution in [0.4, 0.5) is 0 Å². The summed E-state index contributed by atoms with van der Waals surface area (Å²) in [5, 5.41) is 0.820. The van der Waals surface area contributed by atoms with Gasteiger partial charge in [0.05, 0.1) is 31.8 Å². The molecule has 1 aliphatic heterocycles. The minimum absolute atomic E-state index is 0.138. The van der Waals surface area contributed by atoms with Crippen LogP contribution in [0.15, 0.2) is 41.3 Å². The van der Waals surface area contributed by atoms with Gasteiger partial charge < -0.3 is 19.2 Å². The van der Waals surface area contributed by atoms with E-state index in [0.29, 0.717) is 30.0 Å². The number of aromatic amines is 1. The molecule has 0 fully saturated rings. The van der Waals surface area contributed by atoms with Gasteiger partial charge in [0.2, 0.25) is 10.0 Å². The number of aromatic nitrogens is 1. The molecule has 0 bridgehead atoms. The zero-order chi connectivity index (χ0) is 21.5. The van der Waals surface area contributed by atoms with Gasteiger partial charge in [-0.15, -0.1) is 0 Å². The Kier molecular flexibility index (Phi) is 5.17. The van der Waals surface area contributed by atoms with E-state index in [4.69, 9.17) is 14.2 Å². The monoisotopic (exact) mass is 430 g/mol. The highest BCUT2D eigenvalue weighted by Crippen LogP contribution is 2.34. The van der Waals surface area contributed by atoms with Crippen LogP contribution in [0, 0.1) is 0 Å². The molecule has 8 nitrogen and oxygen atoms in total. The lowest BCUT2D eigenvalue weighted by molar-refractivity contribution is 0.0601. The Morgan fingerprint density at radius 3 is 2.50 bits per heavy atom. The van der Waals surface area contributed by atoms with E-state index >= 15 is 0 Å². The molecule has 0 saturated heterocycles. The standard InChI is InChI=1S/C21H22N2O6S/c1-27-19-7-5-14(11-20(19)28-2)30(25,26)23-9-8-18-16(12-23)15-10-13(21(24)29-3)4-6-17(15)22-18/h4-7,10-11,22H,8-9,12H2,1-3H3. The van der Waals surface area contributed by atoms with Crippen LogP contribution < -0.4 is 9.47 Å². The summed E-state index contributed by atoms with van der Waals surface area (Å²) in [7, 11) is 0.545. The lowest BCUT2D eigenvalue weighted by atomic mass is 10.0. The number of sulfonamides is 1. The molecule has 158 valence electrons. The number of rotatable bonds is 5. The van der Waals surface area contributed by atoms with Crippen molar-refractivity contribution in [1.82, 2.24) is 9.29 Å². The Hall–Kier alpha value is -3.04. The molecule has 0 unspecified atom stereocenters. The van der Waals surface area contributed by atoms with Gasteiger partial charge in [-0.3, -0.25) is 0 Å². The number of hydrogen-bond acceptors (Lipinski definition) is 6. The molecular weight excluding hydrogens is 408 g/mol. The van der Waals surface area contributed by atoms with Crippen molar-refractivity contribution in [3.63, 3.8) is 0 Å². The number of carbonyl (C=O) groups is 1. The number of H-pyrrole nitrogens is 1. The van der Waals surface area contributed by atoms with E-state index in [1.807, 2.05) is 6.07 Å². The molecule has 3 aromatic rings. The molecule has 0 saturated carbocycles. The molecule has 1 N–H and O–H groups in total. The van der Waals surface area contributed by atoms with Gasteiger partial charge in [-0.2, -0.15) is 4.31 Å². The normalized spacial score (nSPS) is 14.4. The molecule has 0 aliphatic carbocycles. The summed E-state index contributed by atoms with van der Waals surface area (Å²) in [6.45, 7) is 0.553. The maximum atomic E-state index is 13.3. The van der Waals surface area contributed by atoms with Crippen LogP contribution in [0.5, 0.6) is 11.5 Å². The zero-order valence-corrected chi connectivity index (χ0v) is 17.7. The van der Waals surface area contributed by atoms with Gasteiger partial charge in [0, 0.05) is 42.2 Å². The summed E-state index contributed by atoms with van der Waals surface area (Å²) in [6, 6.07) is 9.80. The van der Waals surface area contributed by atoms with Crippen molar-refractivity contribution in [3.8, 4) is 11.5 Å². The Morgan fingerprint density at radius 1 is 1.03 bits per heavy atom. The molecular formula is C21H22N2O6S. The van der Waals surface area contributed by atoms with E-state index in [1.165, 1.54) is 37.8 Å². The number of ether oxygens (including phenoxy) is 3. The number of methoxy groups -OCH3 is 3. The molecule has 2 aromatic carbocycles. The Labute approximate surface area is 174 Å². The largest absolute Gasteiger partial charge is 0.493 e. The predicted octanol–water partition coefficient (Wildman–Crippen LogP) is 2.72. The predicted molar refractivity (Wildman–Crippen MR) is 110 cm³/mol. The fourth-order valence-electron chi connectivity index (χ4n) is 3.77. The number of fused-ring (bicyclic) bond motifs is 3. The molecule has 0 atom stereocenters. The molecule has 0 radical (unpaired) electrons. The van der Waals surface area contributed by atoms with Crippen molar-refractivity contribution in [2.75, 3.05) is 27.9 Å². The van der Waals surface area contributed by atoms with Crippen LogP contribution in [0.1, 0.15) is 21.6 Å². The van der Waals surface area contributed by atoms with Crippen LogP contribution in [-0.4, -0.2) is 51.6 Å². The number of carbonyl (C=O) groups excluding carboxylic acids is 1. The summed E-state index contributed by atoms with van der Waals surface area (Å²) in [4.78, 5) is 15.4. The number of esters is 1. The molecule has 30 heavy (non-hydrogen) atoms. The van der Waals surface area contributed by atoms with Crippen LogP contribution in [0.2, 0.25) is 0 Å². The van der Waals surface area contributed by atoms with Crippen molar-refractivity contribution in [2.24, 2.45) is 0 Å². The lowest BCUT2D eigenvalue weighted by Crippen LogP contribution is -2.35. The van der Waals surface area contributed by atoms with E-state index in [2.05, 4.69) is 4.98 Å². The molecule has 1 aliphatic rings. The summed E-state index contributed by atoms with van der Waals surface area (Å²) in [5.41, 5.74) is 3.13. The Morgan fingerprint density at radius 2 is 1.80 bits per heavy atom. The third-order valence-electron chi connectivity index (χ3n) is 5.35. The van der Waals surface area contributed by atoms with Crippen molar-refractivity contribution < 1.29 is 27.4 Å². The highest BCUT2D eigenvalue weighted by molar-refractivity contribution is 7.89. The lowest BCUT2D eigenvalue weighted by Gasteiger charge is -2.26. The molecule has 0 amide bonds. The first-order valence-corrected chi connectivity index (χ1v) is 10.8. The second-order valence-electron chi connectivity index (χ2n) is 6.94. The van der Waals surface area contributed by atoms with Crippen molar-refractivity contribution in [1.29, 1.82) is 0 Å². The minimum atomic E-state index is -3.75. The van der Waals surface area contributed by atoms with E-state index in [9.17, 15) is 13.2 Å². The van der Waals surface area contributed by atoms with Gasteiger partial charge in [0.25, 0.3) is 0 Å². The van der Waals surface area contributed by atoms with Gasteiger partial charge in [-0.25, -0.2) is 13.2 Å². The maximum Gasteiger partial charge on any atom is 0.337 e. The third-order valence-corrected chi connectivity index (χ3v) is 7.20. The van der Waals surface area contributed by atoms with Gasteiger partial charge in [0.1, 0.15) is 0 Å². The van der Waals surface area contributed by atoms with Crippen LogP contribution in [-0.2, 0) is 27.7 Å². The Bertz CT molecular complexity index is 1230. The first kappa shape index (κ1) is 20.2. The van der Waals surface area contributed by atoms with E-state index in [1.54, 1.807) is 18.2 Å². The quantitative estimate of drug-likeness (QED) is 0.625. The van der Waals surface area contributed by atoms with Gasteiger partial charge in [0.15, 0.2) is 11.5 Å². The topological polar surface area (TPSA) is 97.9 Å². The minimum Gasteiger partial charge on any atom is -0.493 e. The third kappa shape index (κ3) is 3.29. The number of nitrogens with one attached hydrogen (secondary N) is 1. The summed E-state index contributed by atoms with van der Waals surface area (Å²) in [6.07, 6.45) is 0.546. The average Bonchev–Trinajstić information content (AvgIpc) is 3.15.